The summed E-state index contributed by atoms with van der Waals surface area (Å²) in [7, 11) is 1.79. The number of aliphatic imine (C=N–C) groups is 1. The molecule has 2 aromatic heterocycles. The summed E-state index contributed by atoms with van der Waals surface area (Å²) in [4.78, 5) is 10.9. The maximum atomic E-state index is 6.24. The van der Waals surface area contributed by atoms with Crippen molar-refractivity contribution in [3.63, 3.8) is 0 Å². The molecule has 134 valence electrons. The number of pyridine rings is 1. The fourth-order valence-electron chi connectivity index (χ4n) is 2.95. The van der Waals surface area contributed by atoms with Crippen LogP contribution in [0, 0.1) is 6.92 Å². The lowest BCUT2D eigenvalue weighted by atomic mass is 10.3. The molecule has 3 heterocycles. The SMILES string of the molecule is CN=C(NCCn1cc(C)cn1)NC1CCN(c2ncccc2Cl)C1. The van der Waals surface area contributed by atoms with Crippen molar-refractivity contribution in [2.24, 2.45) is 4.99 Å². The van der Waals surface area contributed by atoms with E-state index in [0.29, 0.717) is 11.1 Å². The van der Waals surface area contributed by atoms with Gasteiger partial charge < -0.3 is 15.5 Å². The van der Waals surface area contributed by atoms with Crippen LogP contribution < -0.4 is 15.5 Å². The first kappa shape index (κ1) is 17.5. The van der Waals surface area contributed by atoms with Crippen molar-refractivity contribution < 1.29 is 0 Å². The molecule has 0 amide bonds. The second kappa shape index (κ2) is 8.20. The van der Waals surface area contributed by atoms with Crippen LogP contribution in [0.4, 0.5) is 5.82 Å². The molecular formula is C17H24ClN7. The van der Waals surface area contributed by atoms with E-state index in [1.54, 1.807) is 13.2 Å². The monoisotopic (exact) mass is 361 g/mol. The van der Waals surface area contributed by atoms with Gasteiger partial charge in [-0.3, -0.25) is 9.67 Å². The minimum atomic E-state index is 0.316. The van der Waals surface area contributed by atoms with Crippen LogP contribution in [-0.2, 0) is 6.54 Å². The molecule has 1 aliphatic rings. The van der Waals surface area contributed by atoms with Crippen molar-refractivity contribution in [3.05, 3.63) is 41.3 Å². The summed E-state index contributed by atoms with van der Waals surface area (Å²) >= 11 is 6.24. The van der Waals surface area contributed by atoms with Crippen molar-refractivity contribution in [2.75, 3.05) is 31.6 Å². The standard InChI is InChI=1S/C17H24ClN7/c1-13-10-22-25(11-13)9-7-21-17(19-2)23-14-5-8-24(12-14)16-15(18)4-3-6-20-16/h3-4,6,10-11,14H,5,7-9,12H2,1-2H3,(H2,19,21,23). The number of aromatic nitrogens is 3. The molecule has 2 N–H and O–H groups in total. The van der Waals surface area contributed by atoms with Gasteiger partial charge in [0.15, 0.2) is 5.96 Å². The zero-order valence-electron chi connectivity index (χ0n) is 14.6. The largest absolute Gasteiger partial charge is 0.355 e. The molecule has 1 unspecified atom stereocenters. The van der Waals surface area contributed by atoms with E-state index < -0.39 is 0 Å². The molecule has 0 radical (unpaired) electrons. The molecule has 8 heteroatoms. The molecule has 0 saturated carbocycles. The quantitative estimate of drug-likeness (QED) is 0.626. The van der Waals surface area contributed by atoms with Gasteiger partial charge in [0.25, 0.3) is 0 Å². The van der Waals surface area contributed by atoms with Gasteiger partial charge >= 0.3 is 0 Å². The first-order valence-electron chi connectivity index (χ1n) is 8.47. The van der Waals surface area contributed by atoms with Crippen molar-refractivity contribution in [1.82, 2.24) is 25.4 Å². The van der Waals surface area contributed by atoms with Crippen LogP contribution in [0.15, 0.2) is 35.7 Å². The maximum absolute atomic E-state index is 6.24. The van der Waals surface area contributed by atoms with Gasteiger partial charge in [0.1, 0.15) is 5.82 Å². The summed E-state index contributed by atoms with van der Waals surface area (Å²) in [6, 6.07) is 4.04. The van der Waals surface area contributed by atoms with Crippen molar-refractivity contribution in [1.29, 1.82) is 0 Å². The second-order valence-corrected chi connectivity index (χ2v) is 6.57. The van der Waals surface area contributed by atoms with Crippen LogP contribution in [0.25, 0.3) is 0 Å². The molecule has 1 aliphatic heterocycles. The maximum Gasteiger partial charge on any atom is 0.191 e. The van der Waals surface area contributed by atoms with Crippen molar-refractivity contribution >= 4 is 23.4 Å². The molecule has 2 aromatic rings. The minimum Gasteiger partial charge on any atom is -0.355 e. The number of hydrogen-bond donors (Lipinski definition) is 2. The van der Waals surface area contributed by atoms with Gasteiger partial charge in [-0.1, -0.05) is 11.6 Å². The third kappa shape index (κ3) is 4.63. The lowest BCUT2D eigenvalue weighted by Crippen LogP contribution is -2.45. The van der Waals surface area contributed by atoms with E-state index in [1.807, 2.05) is 36.1 Å². The summed E-state index contributed by atoms with van der Waals surface area (Å²) in [6.45, 7) is 5.39. The highest BCUT2D eigenvalue weighted by Gasteiger charge is 2.25. The predicted octanol–water partition coefficient (Wildman–Crippen LogP) is 1.68. The van der Waals surface area contributed by atoms with Crippen molar-refractivity contribution in [3.8, 4) is 0 Å². The number of guanidine groups is 1. The Morgan fingerprint density at radius 2 is 2.36 bits per heavy atom. The van der Waals surface area contributed by atoms with Gasteiger partial charge in [0.05, 0.1) is 17.8 Å². The van der Waals surface area contributed by atoms with E-state index >= 15 is 0 Å². The zero-order valence-corrected chi connectivity index (χ0v) is 15.4. The highest BCUT2D eigenvalue weighted by molar-refractivity contribution is 6.32. The van der Waals surface area contributed by atoms with Gasteiger partial charge in [0.2, 0.25) is 0 Å². The molecule has 1 fully saturated rings. The first-order chi connectivity index (χ1) is 12.2. The van der Waals surface area contributed by atoms with Crippen molar-refractivity contribution in [2.45, 2.75) is 25.9 Å². The van der Waals surface area contributed by atoms with Crippen LogP contribution in [0.2, 0.25) is 5.02 Å². The number of aryl methyl sites for hydroxylation is 1. The Bertz CT molecular complexity index is 727. The van der Waals surface area contributed by atoms with E-state index in [9.17, 15) is 0 Å². The van der Waals surface area contributed by atoms with Crippen LogP contribution in [0.5, 0.6) is 0 Å². The fourth-order valence-corrected chi connectivity index (χ4v) is 3.19. The smallest absolute Gasteiger partial charge is 0.191 e. The van der Waals surface area contributed by atoms with Gasteiger partial charge in [-0.15, -0.1) is 0 Å². The molecule has 0 spiro atoms. The Morgan fingerprint density at radius 1 is 1.48 bits per heavy atom. The Balaban J connectivity index is 1.47. The van der Waals surface area contributed by atoms with Gasteiger partial charge in [-0.2, -0.15) is 5.10 Å². The molecule has 0 aromatic carbocycles. The molecule has 1 atom stereocenters. The summed E-state index contributed by atoms with van der Waals surface area (Å²) in [5.41, 5.74) is 1.17. The number of rotatable bonds is 5. The number of halogens is 1. The summed E-state index contributed by atoms with van der Waals surface area (Å²) in [6.07, 6.45) is 6.69. The number of hydrogen-bond acceptors (Lipinski definition) is 4. The second-order valence-electron chi connectivity index (χ2n) is 6.16. The molecule has 7 nitrogen and oxygen atoms in total. The Hall–Kier alpha value is -2.28. The average Bonchev–Trinajstić information content (AvgIpc) is 3.23. The first-order valence-corrected chi connectivity index (χ1v) is 8.85. The topological polar surface area (TPSA) is 70.4 Å². The number of anilines is 1. The highest BCUT2D eigenvalue weighted by atomic mass is 35.5. The lowest BCUT2D eigenvalue weighted by molar-refractivity contribution is 0.587. The third-order valence-electron chi connectivity index (χ3n) is 4.19. The Kier molecular flexibility index (Phi) is 5.75. The third-order valence-corrected chi connectivity index (χ3v) is 4.48. The molecule has 25 heavy (non-hydrogen) atoms. The minimum absolute atomic E-state index is 0.316. The van der Waals surface area contributed by atoms with E-state index in [-0.39, 0.29) is 0 Å². The summed E-state index contributed by atoms with van der Waals surface area (Å²) in [5.74, 6) is 1.66. The van der Waals surface area contributed by atoms with Crippen LogP contribution >= 0.6 is 11.6 Å². The zero-order chi connectivity index (χ0) is 17.6. The van der Waals surface area contributed by atoms with E-state index in [2.05, 4.69) is 30.6 Å². The van der Waals surface area contributed by atoms with Gasteiger partial charge in [-0.25, -0.2) is 4.98 Å². The van der Waals surface area contributed by atoms with E-state index in [1.165, 1.54) is 5.56 Å². The number of nitrogens with zero attached hydrogens (tertiary/aromatic N) is 5. The van der Waals surface area contributed by atoms with Crippen LogP contribution in [0.1, 0.15) is 12.0 Å². The average molecular weight is 362 g/mol. The fraction of sp³-hybridized carbons (Fsp3) is 0.471. The highest BCUT2D eigenvalue weighted by Crippen LogP contribution is 2.25. The Morgan fingerprint density at radius 3 is 3.08 bits per heavy atom. The summed E-state index contributed by atoms with van der Waals surface area (Å²) < 4.78 is 1.93. The van der Waals surface area contributed by atoms with E-state index in [0.717, 1.165) is 44.4 Å². The lowest BCUT2D eigenvalue weighted by Gasteiger charge is -2.20. The normalized spacial score (nSPS) is 17.8. The molecular weight excluding hydrogens is 338 g/mol. The van der Waals surface area contributed by atoms with E-state index in [4.69, 9.17) is 11.6 Å². The molecule has 0 aliphatic carbocycles. The van der Waals surface area contributed by atoms with Crippen LogP contribution in [-0.4, -0.2) is 53.4 Å². The summed E-state index contributed by atoms with van der Waals surface area (Å²) in [5, 5.41) is 11.8. The van der Waals surface area contributed by atoms with Gasteiger partial charge in [-0.05, 0) is 31.0 Å². The predicted molar refractivity (Wildman–Crippen MR) is 101 cm³/mol. The van der Waals surface area contributed by atoms with Gasteiger partial charge in [0, 0.05) is 45.1 Å². The number of nitrogens with one attached hydrogen (secondary N) is 2. The molecule has 3 rings (SSSR count). The Labute approximate surface area is 153 Å². The molecule has 1 saturated heterocycles. The van der Waals surface area contributed by atoms with Crippen LogP contribution in [0.3, 0.4) is 0 Å². The molecule has 0 bridgehead atoms.